The van der Waals surface area contributed by atoms with E-state index < -0.39 is 17.3 Å². The Hall–Kier alpha value is -2.94. The number of hydrogen-bond donors (Lipinski definition) is 2. The molecule has 5 heteroatoms. The third-order valence-electron chi connectivity index (χ3n) is 6.70. The van der Waals surface area contributed by atoms with Gasteiger partial charge in [-0.2, -0.15) is 15.8 Å². The van der Waals surface area contributed by atoms with Gasteiger partial charge in [-0.15, -0.1) is 0 Å². The third-order valence-corrected chi connectivity index (χ3v) is 6.70. The van der Waals surface area contributed by atoms with Gasteiger partial charge in [-0.05, 0) is 34.6 Å². The van der Waals surface area contributed by atoms with Crippen LogP contribution in [0.2, 0.25) is 0 Å². The van der Waals surface area contributed by atoms with Crippen LogP contribution in [0.5, 0.6) is 0 Å². The van der Waals surface area contributed by atoms with Crippen molar-refractivity contribution in [3.05, 3.63) is 47.0 Å². The number of nitrogens with zero attached hydrogens (tertiary/aromatic N) is 3. The van der Waals surface area contributed by atoms with Crippen molar-refractivity contribution in [3.8, 4) is 18.2 Å². The van der Waals surface area contributed by atoms with Crippen LogP contribution in [0.3, 0.4) is 0 Å². The lowest BCUT2D eigenvalue weighted by molar-refractivity contribution is -0.899. The lowest BCUT2D eigenvalue weighted by Gasteiger charge is -2.46. The second-order valence-electron chi connectivity index (χ2n) is 9.58. The van der Waals surface area contributed by atoms with E-state index in [9.17, 15) is 15.8 Å². The summed E-state index contributed by atoms with van der Waals surface area (Å²) in [5, 5.41) is 38.8. The summed E-state index contributed by atoms with van der Waals surface area (Å²) in [7, 11) is 0. The number of hydrogen-bond acceptors (Lipinski definition) is 4. The van der Waals surface area contributed by atoms with Crippen molar-refractivity contribution in [1.82, 2.24) is 0 Å². The van der Waals surface area contributed by atoms with Gasteiger partial charge in [0.2, 0.25) is 0 Å². The Morgan fingerprint density at radius 3 is 2.27 bits per heavy atom. The van der Waals surface area contributed by atoms with Gasteiger partial charge in [0.25, 0.3) is 0 Å². The molecule has 1 aromatic rings. The Morgan fingerprint density at radius 2 is 1.77 bits per heavy atom. The molecule has 3 rings (SSSR count). The molecule has 4 atom stereocenters. The molecule has 0 aromatic heterocycles. The van der Waals surface area contributed by atoms with Crippen molar-refractivity contribution in [3.63, 3.8) is 0 Å². The number of benzene rings is 1. The van der Waals surface area contributed by atoms with E-state index in [0.717, 1.165) is 37.2 Å². The molecule has 0 saturated heterocycles. The zero-order valence-electron chi connectivity index (χ0n) is 18.3. The quantitative estimate of drug-likeness (QED) is 0.762. The minimum atomic E-state index is -1.62. The predicted molar refractivity (Wildman–Crippen MR) is 116 cm³/mol. The topological polar surface area (TPSA) is 99.7 Å². The summed E-state index contributed by atoms with van der Waals surface area (Å²) in [6, 6.07) is 14.7. The fourth-order valence-electron chi connectivity index (χ4n) is 5.09. The van der Waals surface area contributed by atoms with Gasteiger partial charge in [0.15, 0.2) is 5.41 Å². The standard InChI is InChI=1S/C25H29N5/c1-5-11-30-12-10-19-20(13-26)23(29)25(15-27,16-28)22(21(19)14-30)17-6-8-18(9-7-17)24(2,3)4/h6-10,20-22,29H,5,11-12,14H2,1-4H3/p+1/t20?,21-,22+/m1/s1. The zero-order valence-corrected chi connectivity index (χ0v) is 18.3. The van der Waals surface area contributed by atoms with Crippen LogP contribution >= 0.6 is 0 Å². The first-order chi connectivity index (χ1) is 14.2. The minimum absolute atomic E-state index is 0.00320. The Labute approximate surface area is 179 Å². The molecule has 0 radical (unpaired) electrons. The molecule has 1 heterocycles. The Morgan fingerprint density at radius 1 is 1.13 bits per heavy atom. The molecule has 1 fully saturated rings. The van der Waals surface area contributed by atoms with Crippen molar-refractivity contribution < 1.29 is 4.90 Å². The van der Waals surface area contributed by atoms with Gasteiger partial charge < -0.3 is 10.3 Å². The molecule has 1 aromatic carbocycles. The first kappa shape index (κ1) is 21.8. The summed E-state index contributed by atoms with van der Waals surface area (Å²) >= 11 is 0. The molecule has 0 spiro atoms. The molecule has 2 aliphatic rings. The second kappa shape index (κ2) is 8.06. The fourth-order valence-corrected chi connectivity index (χ4v) is 5.09. The molecule has 5 nitrogen and oxygen atoms in total. The Kier molecular flexibility index (Phi) is 5.85. The van der Waals surface area contributed by atoms with E-state index >= 15 is 0 Å². The molecular weight excluding hydrogens is 370 g/mol. The first-order valence-corrected chi connectivity index (χ1v) is 10.7. The largest absolute Gasteiger partial charge is 0.331 e. The van der Waals surface area contributed by atoms with Crippen LogP contribution in [0, 0.1) is 56.7 Å². The summed E-state index contributed by atoms with van der Waals surface area (Å²) in [5.74, 6) is -1.33. The van der Waals surface area contributed by atoms with E-state index in [4.69, 9.17) is 5.41 Å². The van der Waals surface area contributed by atoms with Crippen LogP contribution in [-0.4, -0.2) is 25.3 Å². The van der Waals surface area contributed by atoms with Crippen molar-refractivity contribution in [1.29, 1.82) is 21.2 Å². The van der Waals surface area contributed by atoms with Crippen molar-refractivity contribution >= 4 is 5.71 Å². The van der Waals surface area contributed by atoms with Gasteiger partial charge in [-0.25, -0.2) is 0 Å². The maximum absolute atomic E-state index is 10.2. The summed E-state index contributed by atoms with van der Waals surface area (Å²) in [4.78, 5) is 1.40. The summed E-state index contributed by atoms with van der Waals surface area (Å²) in [5.41, 5.74) is 1.32. The number of quaternary nitrogens is 1. The molecular formula is C25H30N5+. The molecule has 1 saturated carbocycles. The van der Waals surface area contributed by atoms with E-state index in [1.54, 1.807) is 0 Å². The third kappa shape index (κ3) is 3.43. The van der Waals surface area contributed by atoms with Crippen LogP contribution in [0.1, 0.15) is 51.2 Å². The highest BCUT2D eigenvalue weighted by molar-refractivity contribution is 6.00. The maximum Gasteiger partial charge on any atom is 0.189 e. The molecule has 1 aliphatic heterocycles. The van der Waals surface area contributed by atoms with E-state index in [1.807, 2.05) is 12.1 Å². The van der Waals surface area contributed by atoms with Gasteiger partial charge in [-0.3, -0.25) is 0 Å². The average Bonchev–Trinajstić information content (AvgIpc) is 2.73. The van der Waals surface area contributed by atoms with E-state index in [-0.39, 0.29) is 17.0 Å². The maximum atomic E-state index is 10.2. The lowest BCUT2D eigenvalue weighted by atomic mass is 9.54. The fraction of sp³-hybridized carbons (Fsp3) is 0.520. The number of nitriles is 3. The molecule has 0 amide bonds. The van der Waals surface area contributed by atoms with Gasteiger partial charge in [0.05, 0.1) is 43.6 Å². The van der Waals surface area contributed by atoms with Gasteiger partial charge in [-0.1, -0.05) is 52.0 Å². The van der Waals surface area contributed by atoms with Crippen molar-refractivity contribution in [2.45, 2.75) is 45.4 Å². The van der Waals surface area contributed by atoms with E-state index in [2.05, 4.69) is 64.1 Å². The van der Waals surface area contributed by atoms with Gasteiger partial charge in [0, 0.05) is 11.8 Å². The van der Waals surface area contributed by atoms with Gasteiger partial charge >= 0.3 is 0 Å². The Balaban J connectivity index is 2.18. The first-order valence-electron chi connectivity index (χ1n) is 10.7. The summed E-state index contributed by atoms with van der Waals surface area (Å²) in [6.45, 7) is 11.2. The van der Waals surface area contributed by atoms with Crippen LogP contribution in [-0.2, 0) is 5.41 Å². The van der Waals surface area contributed by atoms with Crippen LogP contribution < -0.4 is 4.90 Å². The summed E-state index contributed by atoms with van der Waals surface area (Å²) < 4.78 is 0. The number of rotatable bonds is 3. The normalized spacial score (nSPS) is 27.8. The minimum Gasteiger partial charge on any atom is -0.331 e. The molecule has 30 heavy (non-hydrogen) atoms. The summed E-state index contributed by atoms with van der Waals surface area (Å²) in [6.07, 6.45) is 3.14. The average molecular weight is 401 g/mol. The van der Waals surface area contributed by atoms with Crippen molar-refractivity contribution in [2.75, 3.05) is 19.6 Å². The van der Waals surface area contributed by atoms with Gasteiger partial charge in [0.1, 0.15) is 5.92 Å². The number of fused-ring (bicyclic) bond motifs is 1. The van der Waals surface area contributed by atoms with Crippen LogP contribution in [0.15, 0.2) is 35.9 Å². The Bertz CT molecular complexity index is 961. The lowest BCUT2D eigenvalue weighted by Crippen LogP contribution is -3.13. The highest BCUT2D eigenvalue weighted by Gasteiger charge is 2.58. The SMILES string of the molecule is CCC[NH+]1CC=C2C(C#N)C(=N)C(C#N)(C#N)[C@@H](c3ccc(C(C)(C)C)cc3)[C@@H]2C1. The van der Waals surface area contributed by atoms with E-state index in [1.165, 1.54) is 10.5 Å². The monoisotopic (exact) mass is 400 g/mol. The molecule has 1 aliphatic carbocycles. The molecule has 2 N–H and O–H groups in total. The van der Waals surface area contributed by atoms with Crippen LogP contribution in [0.4, 0.5) is 0 Å². The smallest absolute Gasteiger partial charge is 0.189 e. The predicted octanol–water partition coefficient (Wildman–Crippen LogP) is 3.13. The molecule has 154 valence electrons. The van der Waals surface area contributed by atoms with E-state index in [0.29, 0.717) is 0 Å². The highest BCUT2D eigenvalue weighted by atomic mass is 15.1. The molecule has 0 bridgehead atoms. The highest BCUT2D eigenvalue weighted by Crippen LogP contribution is 2.52. The van der Waals surface area contributed by atoms with Crippen LogP contribution in [0.25, 0.3) is 0 Å². The second-order valence-corrected chi connectivity index (χ2v) is 9.58. The zero-order chi connectivity index (χ0) is 22.1. The number of nitrogens with one attached hydrogen (secondary N) is 2. The molecule has 2 unspecified atom stereocenters. The van der Waals surface area contributed by atoms with Crippen molar-refractivity contribution in [2.24, 2.45) is 17.3 Å².